The van der Waals surface area contributed by atoms with Gasteiger partial charge in [-0.25, -0.2) is 26.9 Å². The zero-order valence-electron chi connectivity index (χ0n) is 14.5. The number of hydrogen-bond donors (Lipinski definition) is 1. The van der Waals surface area contributed by atoms with E-state index in [0.29, 0.717) is 17.3 Å². The van der Waals surface area contributed by atoms with E-state index in [-0.39, 0.29) is 12.5 Å². The van der Waals surface area contributed by atoms with Gasteiger partial charge in [0.2, 0.25) is 10.0 Å². The van der Waals surface area contributed by atoms with Crippen molar-refractivity contribution < 1.29 is 17.2 Å². The summed E-state index contributed by atoms with van der Waals surface area (Å²) in [5, 5.41) is 0.757. The summed E-state index contributed by atoms with van der Waals surface area (Å²) in [6.45, 7) is 6.45. The molecule has 0 spiro atoms. The summed E-state index contributed by atoms with van der Waals surface area (Å²) in [6, 6.07) is 3.35. The van der Waals surface area contributed by atoms with Gasteiger partial charge < -0.3 is 4.57 Å². The highest BCUT2D eigenvalue weighted by molar-refractivity contribution is 7.99. The molecule has 0 saturated carbocycles. The molecule has 0 aliphatic heterocycles. The Morgan fingerprint density at radius 1 is 1.24 bits per heavy atom. The highest BCUT2D eigenvalue weighted by Crippen LogP contribution is 2.35. The van der Waals surface area contributed by atoms with Crippen molar-refractivity contribution in [2.45, 2.75) is 49.7 Å². The maximum absolute atomic E-state index is 13.5. The zero-order chi connectivity index (χ0) is 18.8. The quantitative estimate of drug-likeness (QED) is 0.787. The van der Waals surface area contributed by atoms with Gasteiger partial charge in [-0.2, -0.15) is 0 Å². The van der Waals surface area contributed by atoms with Crippen molar-refractivity contribution in [2.75, 3.05) is 6.26 Å². The Bertz CT molecular complexity index is 844. The van der Waals surface area contributed by atoms with Crippen LogP contribution in [-0.2, 0) is 23.1 Å². The first kappa shape index (κ1) is 19.9. The largest absolute Gasteiger partial charge is 0.322 e. The molecule has 9 heteroatoms. The van der Waals surface area contributed by atoms with Gasteiger partial charge in [-0.3, -0.25) is 0 Å². The Morgan fingerprint density at radius 3 is 2.32 bits per heavy atom. The number of rotatable bonds is 7. The van der Waals surface area contributed by atoms with Gasteiger partial charge in [-0.05, 0) is 25.0 Å². The van der Waals surface area contributed by atoms with Crippen LogP contribution in [0.2, 0.25) is 0 Å². The average Bonchev–Trinajstić information content (AvgIpc) is 2.81. The van der Waals surface area contributed by atoms with Gasteiger partial charge in [0.15, 0.2) is 0 Å². The number of imidazole rings is 1. The normalized spacial score (nSPS) is 12.1. The minimum absolute atomic E-state index is 0.0600. The Labute approximate surface area is 150 Å². The Morgan fingerprint density at radius 2 is 1.84 bits per heavy atom. The second-order valence-electron chi connectivity index (χ2n) is 5.92. The molecule has 0 fully saturated rings. The molecule has 1 aromatic heterocycles. The molecule has 0 atom stereocenters. The third kappa shape index (κ3) is 5.26. The van der Waals surface area contributed by atoms with E-state index in [0.717, 1.165) is 23.0 Å². The molecular weight excluding hydrogens is 368 g/mol. The lowest BCUT2D eigenvalue weighted by Crippen LogP contribution is -2.23. The molecule has 2 aromatic rings. The van der Waals surface area contributed by atoms with Crippen LogP contribution in [0.3, 0.4) is 0 Å². The number of nitrogens with zero attached hydrogens (tertiary/aromatic N) is 2. The third-order valence-corrected chi connectivity index (χ3v) is 5.19. The van der Waals surface area contributed by atoms with Gasteiger partial charge in [-0.15, -0.1) is 0 Å². The molecule has 25 heavy (non-hydrogen) atoms. The van der Waals surface area contributed by atoms with Gasteiger partial charge in [0.1, 0.15) is 22.5 Å². The van der Waals surface area contributed by atoms with Crippen molar-refractivity contribution in [3.05, 3.63) is 41.4 Å². The van der Waals surface area contributed by atoms with Crippen LogP contribution in [0.4, 0.5) is 8.78 Å². The molecule has 0 amide bonds. The van der Waals surface area contributed by atoms with E-state index in [9.17, 15) is 17.2 Å². The molecule has 0 unspecified atom stereocenters. The van der Waals surface area contributed by atoms with E-state index < -0.39 is 21.7 Å². The summed E-state index contributed by atoms with van der Waals surface area (Å²) >= 11 is 1.22. The van der Waals surface area contributed by atoms with Crippen molar-refractivity contribution in [1.82, 2.24) is 14.3 Å². The summed E-state index contributed by atoms with van der Waals surface area (Å²) in [5.74, 6) is -0.646. The van der Waals surface area contributed by atoms with E-state index in [4.69, 9.17) is 0 Å². The highest BCUT2D eigenvalue weighted by Gasteiger charge is 2.20. The molecule has 1 aromatic carbocycles. The van der Waals surface area contributed by atoms with E-state index >= 15 is 0 Å². The molecule has 0 aliphatic carbocycles. The Hall–Kier alpha value is -1.45. The molecule has 0 aliphatic rings. The lowest BCUT2D eigenvalue weighted by Gasteiger charge is -2.11. The summed E-state index contributed by atoms with van der Waals surface area (Å²) in [5.41, 5.74) is 0.766. The summed E-state index contributed by atoms with van der Waals surface area (Å²) in [4.78, 5) is 4.98. The first-order chi connectivity index (χ1) is 11.6. The third-order valence-electron chi connectivity index (χ3n) is 3.43. The molecule has 1 heterocycles. The molecule has 1 N–H and O–H groups in total. The van der Waals surface area contributed by atoms with Crippen LogP contribution in [0, 0.1) is 11.6 Å². The fourth-order valence-electron chi connectivity index (χ4n) is 2.34. The van der Waals surface area contributed by atoms with Crippen LogP contribution in [0.25, 0.3) is 0 Å². The molecule has 5 nitrogen and oxygen atoms in total. The monoisotopic (exact) mass is 389 g/mol. The predicted molar refractivity (Wildman–Crippen MR) is 94.2 cm³/mol. The predicted octanol–water partition coefficient (Wildman–Crippen LogP) is 3.51. The van der Waals surface area contributed by atoms with Crippen LogP contribution in [0.15, 0.2) is 28.1 Å². The van der Waals surface area contributed by atoms with Gasteiger partial charge in [0.05, 0.1) is 18.5 Å². The maximum Gasteiger partial charge on any atom is 0.209 e. The summed E-state index contributed by atoms with van der Waals surface area (Å²) in [6.07, 6.45) is 1.08. The fraction of sp³-hybridized carbons (Fsp3) is 0.438. The molecule has 138 valence electrons. The van der Waals surface area contributed by atoms with Crippen LogP contribution >= 0.6 is 11.8 Å². The van der Waals surface area contributed by atoms with Crippen molar-refractivity contribution in [3.8, 4) is 0 Å². The van der Waals surface area contributed by atoms with Gasteiger partial charge in [0, 0.05) is 17.5 Å². The number of sulfonamides is 1. The Kier molecular flexibility index (Phi) is 6.23. The summed E-state index contributed by atoms with van der Waals surface area (Å²) in [7, 11) is -3.35. The van der Waals surface area contributed by atoms with Crippen molar-refractivity contribution >= 4 is 21.8 Å². The number of aromatic nitrogens is 2. The van der Waals surface area contributed by atoms with Crippen LogP contribution in [0.1, 0.15) is 38.2 Å². The second-order valence-corrected chi connectivity index (χ2v) is 8.81. The molecule has 2 rings (SSSR count). The minimum Gasteiger partial charge on any atom is -0.322 e. The number of benzene rings is 1. The van der Waals surface area contributed by atoms with Crippen LogP contribution in [0.5, 0.6) is 0 Å². The topological polar surface area (TPSA) is 64.0 Å². The molecule has 0 bridgehead atoms. The number of halogens is 2. The lowest BCUT2D eigenvalue weighted by atomic mass is 10.1. The summed E-state index contributed by atoms with van der Waals surface area (Å²) < 4.78 is 54.0. The standard InChI is InChI=1S/C16H21F2N3O2S2/c1-5-21-14(9-19-25(4,22)23)20-15(10(2)3)16(21)24-13-7-11(17)6-12(18)8-13/h6-8,10,19H,5,9H2,1-4H3. The first-order valence-corrected chi connectivity index (χ1v) is 10.5. The SMILES string of the molecule is CCn1c(CNS(C)(=O)=O)nc(C(C)C)c1Sc1cc(F)cc(F)c1. The van der Waals surface area contributed by atoms with E-state index in [2.05, 4.69) is 9.71 Å². The average molecular weight is 389 g/mol. The van der Waals surface area contributed by atoms with E-state index in [1.165, 1.54) is 23.9 Å². The van der Waals surface area contributed by atoms with Crippen molar-refractivity contribution in [1.29, 1.82) is 0 Å². The highest BCUT2D eigenvalue weighted by atomic mass is 32.2. The molecule has 0 radical (unpaired) electrons. The van der Waals surface area contributed by atoms with E-state index in [1.807, 2.05) is 25.3 Å². The first-order valence-electron chi connectivity index (χ1n) is 7.78. The minimum atomic E-state index is -3.35. The van der Waals surface area contributed by atoms with Gasteiger partial charge in [-0.1, -0.05) is 25.6 Å². The number of hydrogen-bond acceptors (Lipinski definition) is 4. The number of nitrogens with one attached hydrogen (secondary N) is 1. The fourth-order valence-corrected chi connectivity index (χ4v) is 4.03. The van der Waals surface area contributed by atoms with Crippen molar-refractivity contribution in [3.63, 3.8) is 0 Å². The van der Waals surface area contributed by atoms with E-state index in [1.54, 1.807) is 0 Å². The second kappa shape index (κ2) is 7.84. The smallest absolute Gasteiger partial charge is 0.209 e. The molecular formula is C16H21F2N3O2S2. The van der Waals surface area contributed by atoms with Crippen molar-refractivity contribution in [2.24, 2.45) is 0 Å². The van der Waals surface area contributed by atoms with Gasteiger partial charge >= 0.3 is 0 Å². The lowest BCUT2D eigenvalue weighted by molar-refractivity contribution is 0.575. The van der Waals surface area contributed by atoms with Crippen LogP contribution in [-0.4, -0.2) is 24.2 Å². The zero-order valence-corrected chi connectivity index (χ0v) is 16.1. The van der Waals surface area contributed by atoms with Gasteiger partial charge in [0.25, 0.3) is 0 Å². The Balaban J connectivity index is 2.45. The maximum atomic E-state index is 13.5. The molecule has 0 saturated heterocycles. The van der Waals surface area contributed by atoms with Crippen LogP contribution < -0.4 is 4.72 Å².